The fourth-order valence-electron chi connectivity index (χ4n) is 5.99. The quantitative estimate of drug-likeness (QED) is 0.165. The second-order valence-corrected chi connectivity index (χ2v) is 9.66. The van der Waals surface area contributed by atoms with Crippen molar-refractivity contribution in [1.29, 1.82) is 5.26 Å². The molecule has 7 rings (SSSR count). The van der Waals surface area contributed by atoms with Gasteiger partial charge in [-0.3, -0.25) is 14.5 Å². The molecule has 0 saturated carbocycles. The van der Waals surface area contributed by atoms with Crippen LogP contribution in [0, 0.1) is 31.0 Å². The SMILES string of the molecule is [C-]#[N+]c1c([N+]#[C-])c(C#N)c2c(c1[N+]#[C-])c1ccc3ccccc3c1c1c(-c3ccccc3)cc(-c3ccccc3)n21. The maximum absolute atomic E-state index is 10.5. The third-order valence-corrected chi connectivity index (χ3v) is 7.66. The van der Waals surface area contributed by atoms with Gasteiger partial charge in [0.25, 0.3) is 0 Å². The van der Waals surface area contributed by atoms with Crippen molar-refractivity contribution >= 4 is 55.0 Å². The average molecular weight is 520 g/mol. The summed E-state index contributed by atoms with van der Waals surface area (Å²) in [5, 5.41) is 14.8. The summed E-state index contributed by atoms with van der Waals surface area (Å²) in [7, 11) is 0. The summed E-state index contributed by atoms with van der Waals surface area (Å²) in [6.45, 7) is 24.0. The van der Waals surface area contributed by atoms with E-state index in [1.807, 2.05) is 77.2 Å². The van der Waals surface area contributed by atoms with Crippen LogP contribution in [0.15, 0.2) is 103 Å². The van der Waals surface area contributed by atoms with Gasteiger partial charge in [0.05, 0.1) is 42.6 Å². The number of hydrogen-bond donors (Lipinski definition) is 0. The van der Waals surface area contributed by atoms with Crippen LogP contribution in [-0.2, 0) is 0 Å². The minimum Gasteiger partial charge on any atom is -0.309 e. The molecule has 7 aromatic rings. The van der Waals surface area contributed by atoms with Crippen molar-refractivity contribution in [3.8, 4) is 28.5 Å². The highest BCUT2D eigenvalue weighted by molar-refractivity contribution is 6.30. The molecule has 0 aliphatic carbocycles. The van der Waals surface area contributed by atoms with E-state index in [-0.39, 0.29) is 22.6 Å². The predicted molar refractivity (Wildman–Crippen MR) is 164 cm³/mol. The van der Waals surface area contributed by atoms with E-state index in [9.17, 15) is 5.26 Å². The van der Waals surface area contributed by atoms with Crippen molar-refractivity contribution in [3.05, 3.63) is 143 Å². The van der Waals surface area contributed by atoms with Crippen LogP contribution >= 0.6 is 0 Å². The molecule has 0 radical (unpaired) electrons. The number of fused-ring (bicyclic) bond motifs is 8. The Hall–Kier alpha value is -6.40. The lowest BCUT2D eigenvalue weighted by Gasteiger charge is -2.18. The molecule has 0 saturated heterocycles. The standard InChI is InChI=1S/C36H17N5/c1-38-32-28(21-37)36-31(33(39-2)34(32)40-3)26-19-18-23-14-10-11-17-25(23)30(26)35-27(22-12-6-4-7-13-22)20-29(41(35)36)24-15-8-5-9-16-24/h4-20H. The lowest BCUT2D eigenvalue weighted by atomic mass is 9.93. The first-order valence-corrected chi connectivity index (χ1v) is 12.9. The molecule has 0 atom stereocenters. The maximum atomic E-state index is 10.5. The Morgan fingerprint density at radius 3 is 1.88 bits per heavy atom. The van der Waals surface area contributed by atoms with Crippen LogP contribution in [0.2, 0.25) is 0 Å². The molecule has 5 nitrogen and oxygen atoms in total. The van der Waals surface area contributed by atoms with Gasteiger partial charge in [0.2, 0.25) is 11.4 Å². The monoisotopic (exact) mass is 519 g/mol. The van der Waals surface area contributed by atoms with Gasteiger partial charge in [-0.25, -0.2) is 0 Å². The van der Waals surface area contributed by atoms with Crippen LogP contribution in [0.25, 0.3) is 74.9 Å². The van der Waals surface area contributed by atoms with Crippen molar-refractivity contribution in [2.24, 2.45) is 0 Å². The molecule has 0 N–H and O–H groups in total. The molecule has 5 heteroatoms. The van der Waals surface area contributed by atoms with E-state index in [0.717, 1.165) is 49.4 Å². The molecule has 5 aromatic carbocycles. The highest BCUT2D eigenvalue weighted by Crippen LogP contribution is 2.52. The molecule has 2 aromatic heterocycles. The zero-order chi connectivity index (χ0) is 28.1. The summed E-state index contributed by atoms with van der Waals surface area (Å²) < 4.78 is 2.04. The Labute approximate surface area is 235 Å². The van der Waals surface area contributed by atoms with Gasteiger partial charge >= 0.3 is 0 Å². The summed E-state index contributed by atoms with van der Waals surface area (Å²) in [5.41, 5.74) is 5.12. The van der Waals surface area contributed by atoms with Crippen LogP contribution < -0.4 is 0 Å². The number of aromatic nitrogens is 1. The van der Waals surface area contributed by atoms with E-state index in [1.54, 1.807) is 0 Å². The van der Waals surface area contributed by atoms with Crippen LogP contribution in [0.1, 0.15) is 5.56 Å². The number of nitrogens with zero attached hydrogens (tertiary/aromatic N) is 5. The first-order chi connectivity index (χ1) is 20.2. The number of pyridine rings is 1. The number of rotatable bonds is 2. The van der Waals surface area contributed by atoms with Gasteiger partial charge in [0, 0.05) is 16.5 Å². The summed E-state index contributed by atoms with van der Waals surface area (Å²) in [4.78, 5) is 11.1. The molecule has 0 aliphatic heterocycles. The molecular weight excluding hydrogens is 502 g/mol. The van der Waals surface area contributed by atoms with Gasteiger partial charge in [-0.05, 0) is 38.7 Å². The molecule has 41 heavy (non-hydrogen) atoms. The normalized spacial score (nSPS) is 10.8. The Morgan fingerprint density at radius 2 is 1.22 bits per heavy atom. The topological polar surface area (TPSA) is 41.3 Å². The highest BCUT2D eigenvalue weighted by Gasteiger charge is 2.28. The fraction of sp³-hybridized carbons (Fsp3) is 0. The lowest BCUT2D eigenvalue weighted by Crippen LogP contribution is -1.98. The lowest BCUT2D eigenvalue weighted by molar-refractivity contribution is 1.28. The van der Waals surface area contributed by atoms with Crippen LogP contribution in [0.5, 0.6) is 0 Å². The molecule has 0 amide bonds. The van der Waals surface area contributed by atoms with E-state index in [0.29, 0.717) is 10.9 Å². The van der Waals surface area contributed by atoms with E-state index < -0.39 is 0 Å². The molecule has 186 valence electrons. The van der Waals surface area contributed by atoms with Crippen molar-refractivity contribution in [2.45, 2.75) is 0 Å². The summed E-state index contributed by atoms with van der Waals surface area (Å²) in [6.07, 6.45) is 0. The van der Waals surface area contributed by atoms with Crippen LogP contribution in [0.4, 0.5) is 17.1 Å². The number of benzene rings is 5. The number of nitriles is 1. The summed E-state index contributed by atoms with van der Waals surface area (Å²) in [5.74, 6) is 0. The molecule has 0 spiro atoms. The third-order valence-electron chi connectivity index (χ3n) is 7.66. The van der Waals surface area contributed by atoms with E-state index in [1.165, 1.54) is 0 Å². The molecule has 0 aliphatic rings. The zero-order valence-corrected chi connectivity index (χ0v) is 21.6. The van der Waals surface area contributed by atoms with Crippen molar-refractivity contribution in [2.75, 3.05) is 0 Å². The van der Waals surface area contributed by atoms with Crippen molar-refractivity contribution in [3.63, 3.8) is 0 Å². The van der Waals surface area contributed by atoms with Gasteiger partial charge in [-0.1, -0.05) is 97.1 Å². The highest BCUT2D eigenvalue weighted by atomic mass is 14.9. The van der Waals surface area contributed by atoms with Crippen LogP contribution in [0.3, 0.4) is 0 Å². The van der Waals surface area contributed by atoms with E-state index in [2.05, 4.69) is 50.9 Å². The molecule has 0 fully saturated rings. The van der Waals surface area contributed by atoms with Crippen LogP contribution in [-0.4, -0.2) is 4.40 Å². The van der Waals surface area contributed by atoms with Gasteiger partial charge in [0.15, 0.2) is 5.69 Å². The summed E-state index contributed by atoms with van der Waals surface area (Å²) in [6, 6.07) is 36.5. The maximum Gasteiger partial charge on any atom is 0.203 e. The minimum absolute atomic E-state index is 0.0791. The smallest absolute Gasteiger partial charge is 0.203 e. The zero-order valence-electron chi connectivity index (χ0n) is 21.6. The molecular formula is C36H17N5. The Balaban J connectivity index is 1.94. The Bertz CT molecular complexity index is 2390. The molecule has 2 heterocycles. The molecule has 0 unspecified atom stereocenters. The van der Waals surface area contributed by atoms with Gasteiger partial charge in [0.1, 0.15) is 0 Å². The Kier molecular flexibility index (Phi) is 5.27. The summed E-state index contributed by atoms with van der Waals surface area (Å²) >= 11 is 0. The second kappa shape index (κ2) is 9.11. The average Bonchev–Trinajstić information content (AvgIpc) is 3.44. The first kappa shape index (κ1) is 23.7. The van der Waals surface area contributed by atoms with Crippen molar-refractivity contribution in [1.82, 2.24) is 4.40 Å². The minimum atomic E-state index is -0.0867. The number of hydrogen-bond acceptors (Lipinski definition) is 1. The van der Waals surface area contributed by atoms with Crippen molar-refractivity contribution < 1.29 is 0 Å². The van der Waals surface area contributed by atoms with Gasteiger partial charge < -0.3 is 4.40 Å². The Morgan fingerprint density at radius 1 is 0.585 bits per heavy atom. The largest absolute Gasteiger partial charge is 0.309 e. The van der Waals surface area contributed by atoms with Gasteiger partial charge in [-0.2, -0.15) is 5.26 Å². The predicted octanol–water partition coefficient (Wildman–Crippen LogP) is 10.3. The van der Waals surface area contributed by atoms with E-state index >= 15 is 0 Å². The first-order valence-electron chi connectivity index (χ1n) is 12.9. The third kappa shape index (κ3) is 3.25. The second-order valence-electron chi connectivity index (χ2n) is 9.66. The van der Waals surface area contributed by atoms with E-state index in [4.69, 9.17) is 19.7 Å². The molecule has 0 bridgehead atoms. The van der Waals surface area contributed by atoms with Gasteiger partial charge in [-0.15, -0.1) is 0 Å². The fourth-order valence-corrected chi connectivity index (χ4v) is 5.99.